The van der Waals surface area contributed by atoms with Crippen molar-refractivity contribution < 1.29 is 19.2 Å². The number of piperidine rings is 1. The second-order valence-electron chi connectivity index (χ2n) is 8.60. The Morgan fingerprint density at radius 3 is 2.53 bits per heavy atom. The lowest BCUT2D eigenvalue weighted by molar-refractivity contribution is -0.136. The molecule has 2 heterocycles. The van der Waals surface area contributed by atoms with Crippen molar-refractivity contribution in [3.63, 3.8) is 0 Å². The van der Waals surface area contributed by atoms with Gasteiger partial charge in [0.2, 0.25) is 11.8 Å². The summed E-state index contributed by atoms with van der Waals surface area (Å²) in [7, 11) is 0. The minimum absolute atomic E-state index is 0.215. The Labute approximate surface area is 185 Å². The number of benzene rings is 2. The number of fused-ring (bicyclic) bond motifs is 1. The fourth-order valence-electron chi connectivity index (χ4n) is 4.33. The number of hydrogen-bond donors (Lipinski definition) is 3. The van der Waals surface area contributed by atoms with Crippen molar-refractivity contribution in [1.82, 2.24) is 15.5 Å². The molecule has 0 spiro atoms. The highest BCUT2D eigenvalue weighted by Crippen LogP contribution is 2.39. The van der Waals surface area contributed by atoms with Crippen LogP contribution in [0.25, 0.3) is 0 Å². The Morgan fingerprint density at radius 2 is 1.81 bits per heavy atom. The molecular weight excluding hydrogens is 408 g/mol. The van der Waals surface area contributed by atoms with Gasteiger partial charge in [0.05, 0.1) is 0 Å². The minimum Gasteiger partial charge on any atom is -0.334 e. The van der Waals surface area contributed by atoms with Crippen LogP contribution in [0, 0.1) is 0 Å². The van der Waals surface area contributed by atoms with Crippen molar-refractivity contribution in [2.75, 3.05) is 5.32 Å². The van der Waals surface area contributed by atoms with Gasteiger partial charge in [-0.25, -0.2) is 4.79 Å². The van der Waals surface area contributed by atoms with Crippen molar-refractivity contribution in [2.45, 2.75) is 50.7 Å². The number of amides is 5. The Hall–Kier alpha value is -3.68. The van der Waals surface area contributed by atoms with Crippen molar-refractivity contribution >= 4 is 29.4 Å². The topological polar surface area (TPSA) is 108 Å². The van der Waals surface area contributed by atoms with E-state index in [9.17, 15) is 19.2 Å². The van der Waals surface area contributed by atoms with E-state index < -0.39 is 11.9 Å². The van der Waals surface area contributed by atoms with Gasteiger partial charge >= 0.3 is 6.03 Å². The summed E-state index contributed by atoms with van der Waals surface area (Å²) >= 11 is 0. The SMILES string of the molecule is O=C1CCC(N2Cc3cc(NC(=O)NCc4ccc(C5CC5)cc4)ccc3C2=O)C(=O)N1. The molecule has 1 aliphatic carbocycles. The standard InChI is InChI=1S/C24H24N4O4/c29-21-10-9-20(22(30)27-21)28-13-17-11-18(7-8-19(17)23(28)31)26-24(32)25-12-14-1-3-15(4-2-14)16-5-6-16/h1-4,7-8,11,16,20H,5-6,9-10,12-13H2,(H2,25,26,32)(H,27,29,30). The molecule has 32 heavy (non-hydrogen) atoms. The highest BCUT2D eigenvalue weighted by atomic mass is 16.2. The molecule has 2 fully saturated rings. The number of nitrogens with one attached hydrogen (secondary N) is 3. The summed E-state index contributed by atoms with van der Waals surface area (Å²) in [6, 6.07) is 12.4. The molecule has 0 bridgehead atoms. The summed E-state index contributed by atoms with van der Waals surface area (Å²) in [6.07, 6.45) is 3.06. The number of hydrogen-bond acceptors (Lipinski definition) is 4. The van der Waals surface area contributed by atoms with Gasteiger partial charge in [-0.3, -0.25) is 19.7 Å². The highest BCUT2D eigenvalue weighted by molar-refractivity contribution is 6.05. The Kier molecular flexibility index (Phi) is 5.13. The van der Waals surface area contributed by atoms with E-state index in [0.29, 0.717) is 30.1 Å². The molecule has 3 aliphatic rings. The van der Waals surface area contributed by atoms with E-state index in [2.05, 4.69) is 28.1 Å². The van der Waals surface area contributed by atoms with E-state index in [1.165, 1.54) is 23.3 Å². The third-order valence-corrected chi connectivity index (χ3v) is 6.26. The number of nitrogens with zero attached hydrogens (tertiary/aromatic N) is 1. The summed E-state index contributed by atoms with van der Waals surface area (Å²) in [5.74, 6) is -0.282. The van der Waals surface area contributed by atoms with Crippen LogP contribution in [-0.2, 0) is 22.7 Å². The van der Waals surface area contributed by atoms with Crippen LogP contribution >= 0.6 is 0 Å². The first-order chi connectivity index (χ1) is 15.5. The van der Waals surface area contributed by atoms with Gasteiger partial charge in [0, 0.05) is 30.8 Å². The largest absolute Gasteiger partial charge is 0.334 e. The normalized spacial score (nSPS) is 20.1. The van der Waals surface area contributed by atoms with Gasteiger partial charge in [0.25, 0.3) is 5.91 Å². The maximum absolute atomic E-state index is 12.7. The quantitative estimate of drug-likeness (QED) is 0.632. The molecule has 1 unspecified atom stereocenters. The van der Waals surface area contributed by atoms with Gasteiger partial charge in [0.1, 0.15) is 6.04 Å². The molecule has 1 saturated heterocycles. The van der Waals surface area contributed by atoms with Gasteiger partial charge in [-0.05, 0) is 60.1 Å². The smallest absolute Gasteiger partial charge is 0.319 e. The third-order valence-electron chi connectivity index (χ3n) is 6.26. The lowest BCUT2D eigenvalue weighted by atomic mass is 10.0. The Morgan fingerprint density at radius 1 is 1.03 bits per heavy atom. The van der Waals surface area contributed by atoms with E-state index in [0.717, 1.165) is 11.1 Å². The van der Waals surface area contributed by atoms with Crippen LogP contribution in [0.2, 0.25) is 0 Å². The molecule has 2 aliphatic heterocycles. The number of imide groups is 1. The second-order valence-corrected chi connectivity index (χ2v) is 8.60. The lowest BCUT2D eigenvalue weighted by Crippen LogP contribution is -2.52. The van der Waals surface area contributed by atoms with Crippen LogP contribution < -0.4 is 16.0 Å². The van der Waals surface area contributed by atoms with E-state index in [4.69, 9.17) is 0 Å². The summed E-state index contributed by atoms with van der Waals surface area (Å²) in [6.45, 7) is 0.689. The summed E-state index contributed by atoms with van der Waals surface area (Å²) in [5, 5.41) is 7.94. The Balaban J connectivity index is 1.18. The molecule has 5 amide bonds. The van der Waals surface area contributed by atoms with Crippen LogP contribution in [-0.4, -0.2) is 34.7 Å². The van der Waals surface area contributed by atoms with E-state index in [-0.39, 0.29) is 30.8 Å². The van der Waals surface area contributed by atoms with Crippen LogP contribution in [0.15, 0.2) is 42.5 Å². The molecule has 2 aromatic rings. The second kappa shape index (κ2) is 8.11. The summed E-state index contributed by atoms with van der Waals surface area (Å²) < 4.78 is 0. The molecule has 164 valence electrons. The first kappa shape index (κ1) is 20.2. The third kappa shape index (κ3) is 4.08. The molecule has 0 aromatic heterocycles. The molecule has 8 nitrogen and oxygen atoms in total. The average Bonchev–Trinajstić information content (AvgIpc) is 3.57. The highest BCUT2D eigenvalue weighted by Gasteiger charge is 2.39. The first-order valence-electron chi connectivity index (χ1n) is 10.9. The maximum Gasteiger partial charge on any atom is 0.319 e. The number of anilines is 1. The van der Waals surface area contributed by atoms with Crippen LogP contribution in [0.5, 0.6) is 0 Å². The van der Waals surface area contributed by atoms with Crippen LogP contribution in [0.4, 0.5) is 10.5 Å². The molecule has 1 saturated carbocycles. The van der Waals surface area contributed by atoms with E-state index >= 15 is 0 Å². The van der Waals surface area contributed by atoms with Crippen LogP contribution in [0.1, 0.15) is 58.6 Å². The Bertz CT molecular complexity index is 1110. The number of carbonyl (C=O) groups excluding carboxylic acids is 4. The van der Waals surface area contributed by atoms with Gasteiger partial charge in [-0.1, -0.05) is 24.3 Å². The molecule has 8 heteroatoms. The van der Waals surface area contributed by atoms with Gasteiger partial charge in [-0.15, -0.1) is 0 Å². The van der Waals surface area contributed by atoms with E-state index in [1.54, 1.807) is 18.2 Å². The summed E-state index contributed by atoms with van der Waals surface area (Å²) in [5.41, 5.74) is 4.22. The van der Waals surface area contributed by atoms with Gasteiger partial charge < -0.3 is 15.5 Å². The predicted octanol–water partition coefficient (Wildman–Crippen LogP) is 2.65. The van der Waals surface area contributed by atoms with Crippen molar-refractivity contribution in [1.29, 1.82) is 0 Å². The number of urea groups is 1. The number of carbonyl (C=O) groups is 4. The van der Waals surface area contributed by atoms with Crippen molar-refractivity contribution in [2.24, 2.45) is 0 Å². The molecule has 0 radical (unpaired) electrons. The molecule has 5 rings (SSSR count). The minimum atomic E-state index is -0.654. The maximum atomic E-state index is 12.7. The fraction of sp³-hybridized carbons (Fsp3) is 0.333. The number of rotatable bonds is 5. The first-order valence-corrected chi connectivity index (χ1v) is 10.9. The summed E-state index contributed by atoms with van der Waals surface area (Å²) in [4.78, 5) is 50.1. The zero-order valence-corrected chi connectivity index (χ0v) is 17.5. The van der Waals surface area contributed by atoms with Gasteiger partial charge in [-0.2, -0.15) is 0 Å². The van der Waals surface area contributed by atoms with Crippen molar-refractivity contribution in [3.8, 4) is 0 Å². The molecular formula is C24H24N4O4. The zero-order valence-electron chi connectivity index (χ0n) is 17.5. The molecule has 3 N–H and O–H groups in total. The fourth-order valence-corrected chi connectivity index (χ4v) is 4.33. The van der Waals surface area contributed by atoms with Crippen molar-refractivity contribution in [3.05, 3.63) is 64.7 Å². The predicted molar refractivity (Wildman–Crippen MR) is 117 cm³/mol. The monoisotopic (exact) mass is 432 g/mol. The lowest BCUT2D eigenvalue weighted by Gasteiger charge is -2.29. The van der Waals surface area contributed by atoms with Gasteiger partial charge in [0.15, 0.2) is 0 Å². The van der Waals surface area contributed by atoms with Crippen LogP contribution in [0.3, 0.4) is 0 Å². The average molecular weight is 432 g/mol. The zero-order chi connectivity index (χ0) is 22.2. The molecule has 2 aromatic carbocycles. The molecule has 1 atom stereocenters. The van der Waals surface area contributed by atoms with E-state index in [1.807, 2.05) is 12.1 Å².